The minimum absolute atomic E-state index is 0.340. The molecule has 5 nitrogen and oxygen atoms in total. The third kappa shape index (κ3) is 4.01. The Kier molecular flexibility index (Phi) is 4.95. The molecule has 1 aliphatic heterocycles. The van der Waals surface area contributed by atoms with Crippen LogP contribution in [0.15, 0.2) is 36.4 Å². The molecule has 1 aromatic heterocycles. The van der Waals surface area contributed by atoms with Crippen molar-refractivity contribution >= 4 is 15.8 Å². The molecule has 2 heterocycles. The predicted molar refractivity (Wildman–Crippen MR) is 109 cm³/mol. The first kappa shape index (κ1) is 18.4. The van der Waals surface area contributed by atoms with Crippen LogP contribution >= 0.6 is 0 Å². The van der Waals surface area contributed by atoms with Crippen LogP contribution in [0, 0.1) is 5.92 Å². The van der Waals surface area contributed by atoms with Crippen LogP contribution in [-0.2, 0) is 22.9 Å². The van der Waals surface area contributed by atoms with Gasteiger partial charge in [-0.2, -0.15) is 0 Å². The van der Waals surface area contributed by atoms with Crippen molar-refractivity contribution in [3.8, 4) is 11.3 Å². The number of nitrogens with two attached hydrogens (primary N) is 1. The lowest BCUT2D eigenvalue weighted by atomic mass is 10.0. The number of sulfonamides is 1. The molecule has 2 atom stereocenters. The molecule has 0 bridgehead atoms. The highest BCUT2D eigenvalue weighted by Crippen LogP contribution is 2.33. The Morgan fingerprint density at radius 3 is 2.63 bits per heavy atom. The number of fused-ring (bicyclic) bond motifs is 1. The summed E-state index contributed by atoms with van der Waals surface area (Å²) in [5, 5.41) is 4.80. The van der Waals surface area contributed by atoms with E-state index in [1.54, 1.807) is 6.92 Å². The van der Waals surface area contributed by atoms with Crippen molar-refractivity contribution in [1.29, 1.82) is 0 Å². The fourth-order valence-corrected chi connectivity index (χ4v) is 4.89. The van der Waals surface area contributed by atoms with Crippen molar-refractivity contribution in [2.45, 2.75) is 44.3 Å². The van der Waals surface area contributed by atoms with E-state index in [-0.39, 0.29) is 0 Å². The maximum absolute atomic E-state index is 11.5. The van der Waals surface area contributed by atoms with E-state index in [9.17, 15) is 8.42 Å². The zero-order valence-electron chi connectivity index (χ0n) is 15.8. The molecule has 2 aromatic rings. The summed E-state index contributed by atoms with van der Waals surface area (Å²) in [5.74, 6) is 1.40. The number of hydrogen-bond donors (Lipinski definition) is 1. The van der Waals surface area contributed by atoms with Gasteiger partial charge in [-0.25, -0.2) is 18.5 Å². The Bertz CT molecular complexity index is 936. The van der Waals surface area contributed by atoms with Gasteiger partial charge in [-0.3, -0.25) is 0 Å². The van der Waals surface area contributed by atoms with E-state index in [2.05, 4.69) is 41.3 Å². The van der Waals surface area contributed by atoms with Gasteiger partial charge in [0, 0.05) is 18.7 Å². The number of aromatic nitrogens is 1. The van der Waals surface area contributed by atoms with Crippen LogP contribution in [0.1, 0.15) is 37.3 Å². The minimum atomic E-state index is -3.46. The van der Waals surface area contributed by atoms with Gasteiger partial charge in [-0.15, -0.1) is 0 Å². The second kappa shape index (κ2) is 7.24. The van der Waals surface area contributed by atoms with Gasteiger partial charge < -0.3 is 4.90 Å². The van der Waals surface area contributed by atoms with Gasteiger partial charge in [0.1, 0.15) is 5.82 Å². The van der Waals surface area contributed by atoms with Crippen LogP contribution in [0.5, 0.6) is 0 Å². The van der Waals surface area contributed by atoms with E-state index in [4.69, 9.17) is 10.1 Å². The van der Waals surface area contributed by atoms with E-state index in [0.29, 0.717) is 12.3 Å². The number of anilines is 1. The molecular weight excluding hydrogens is 358 g/mol. The molecule has 0 saturated carbocycles. The van der Waals surface area contributed by atoms with Crippen molar-refractivity contribution in [2.24, 2.45) is 11.1 Å². The van der Waals surface area contributed by atoms with Crippen molar-refractivity contribution in [1.82, 2.24) is 4.98 Å². The fourth-order valence-electron chi connectivity index (χ4n) is 4.35. The SMILES string of the molecule is CC(C[C@H]1Cc2ccc(-c3cccc(N4CCCC4)n3)cc2C1)S(N)(=O)=O. The normalized spacial score (nSPS) is 20.7. The Morgan fingerprint density at radius 1 is 1.15 bits per heavy atom. The minimum Gasteiger partial charge on any atom is -0.357 e. The van der Waals surface area contributed by atoms with E-state index in [1.165, 1.54) is 24.0 Å². The molecule has 4 rings (SSSR count). The average Bonchev–Trinajstić information content (AvgIpc) is 3.30. The van der Waals surface area contributed by atoms with Gasteiger partial charge in [0.2, 0.25) is 10.0 Å². The van der Waals surface area contributed by atoms with Crippen LogP contribution in [0.2, 0.25) is 0 Å². The summed E-state index contributed by atoms with van der Waals surface area (Å²) in [6.45, 7) is 3.88. The maximum atomic E-state index is 11.5. The zero-order chi connectivity index (χ0) is 19.0. The monoisotopic (exact) mass is 385 g/mol. The number of primary sulfonamides is 1. The molecule has 0 amide bonds. The zero-order valence-corrected chi connectivity index (χ0v) is 16.6. The van der Waals surface area contributed by atoms with Crippen molar-refractivity contribution in [2.75, 3.05) is 18.0 Å². The quantitative estimate of drug-likeness (QED) is 0.858. The van der Waals surface area contributed by atoms with Crippen LogP contribution in [-0.4, -0.2) is 31.7 Å². The lowest BCUT2D eigenvalue weighted by molar-refractivity contribution is 0.493. The predicted octanol–water partition coefficient (Wildman–Crippen LogP) is 3.13. The van der Waals surface area contributed by atoms with Crippen LogP contribution in [0.25, 0.3) is 11.3 Å². The molecular formula is C21H27N3O2S. The van der Waals surface area contributed by atoms with Gasteiger partial charge in [0.05, 0.1) is 10.9 Å². The molecule has 2 N–H and O–H groups in total. The Labute approximate surface area is 161 Å². The van der Waals surface area contributed by atoms with E-state index in [1.807, 2.05) is 0 Å². The van der Waals surface area contributed by atoms with E-state index >= 15 is 0 Å². The first-order valence-electron chi connectivity index (χ1n) is 9.76. The van der Waals surface area contributed by atoms with Crippen molar-refractivity contribution < 1.29 is 8.42 Å². The second-order valence-corrected chi connectivity index (χ2v) is 9.95. The standard InChI is InChI=1S/C21H27N3O2S/c1-15(27(22,25)26)11-16-12-17-7-8-18(14-19(17)13-16)20-5-4-6-21(23-20)24-9-2-3-10-24/h4-8,14-16H,2-3,9-13H2,1H3,(H2,22,25,26)/t15?,16-/m0/s1. The highest BCUT2D eigenvalue weighted by molar-refractivity contribution is 7.89. The van der Waals surface area contributed by atoms with Crippen LogP contribution in [0.4, 0.5) is 5.82 Å². The molecule has 1 aromatic carbocycles. The average molecular weight is 386 g/mol. The third-order valence-electron chi connectivity index (χ3n) is 5.91. The first-order valence-corrected chi connectivity index (χ1v) is 11.4. The van der Waals surface area contributed by atoms with Gasteiger partial charge in [-0.05, 0) is 74.3 Å². The highest BCUT2D eigenvalue weighted by Gasteiger charge is 2.27. The smallest absolute Gasteiger partial charge is 0.211 e. The Balaban J connectivity index is 1.52. The van der Waals surface area contributed by atoms with Gasteiger partial charge >= 0.3 is 0 Å². The molecule has 144 valence electrons. The van der Waals surface area contributed by atoms with Crippen LogP contribution < -0.4 is 10.0 Å². The van der Waals surface area contributed by atoms with Crippen molar-refractivity contribution in [3.05, 3.63) is 47.5 Å². The second-order valence-electron chi connectivity index (χ2n) is 7.97. The summed E-state index contributed by atoms with van der Waals surface area (Å²) >= 11 is 0. The summed E-state index contributed by atoms with van der Waals surface area (Å²) < 4.78 is 23.1. The third-order valence-corrected chi connectivity index (χ3v) is 7.22. The summed E-state index contributed by atoms with van der Waals surface area (Å²) in [6, 6.07) is 12.8. The Hall–Kier alpha value is -1.92. The Morgan fingerprint density at radius 2 is 1.89 bits per heavy atom. The van der Waals surface area contributed by atoms with E-state index in [0.717, 1.165) is 43.0 Å². The van der Waals surface area contributed by atoms with Gasteiger partial charge in [-0.1, -0.05) is 18.2 Å². The molecule has 1 saturated heterocycles. The highest BCUT2D eigenvalue weighted by atomic mass is 32.2. The van der Waals surface area contributed by atoms with Crippen molar-refractivity contribution in [3.63, 3.8) is 0 Å². The van der Waals surface area contributed by atoms with E-state index < -0.39 is 15.3 Å². The number of hydrogen-bond acceptors (Lipinski definition) is 4. The lowest BCUT2D eigenvalue weighted by Crippen LogP contribution is -2.28. The van der Waals surface area contributed by atoms with Crippen LogP contribution in [0.3, 0.4) is 0 Å². The van der Waals surface area contributed by atoms with Gasteiger partial charge in [0.15, 0.2) is 0 Å². The molecule has 6 heteroatoms. The lowest BCUT2D eigenvalue weighted by Gasteiger charge is -2.17. The summed E-state index contributed by atoms with van der Waals surface area (Å²) in [5.41, 5.74) is 4.77. The van der Waals surface area contributed by atoms with Gasteiger partial charge in [0.25, 0.3) is 0 Å². The summed E-state index contributed by atoms with van der Waals surface area (Å²) in [6.07, 6.45) is 4.93. The molecule has 0 radical (unpaired) electrons. The fraction of sp³-hybridized carbons (Fsp3) is 0.476. The number of rotatable bonds is 5. The maximum Gasteiger partial charge on any atom is 0.211 e. The number of nitrogens with zero attached hydrogens (tertiary/aromatic N) is 2. The largest absolute Gasteiger partial charge is 0.357 e. The molecule has 0 spiro atoms. The molecule has 1 fully saturated rings. The molecule has 1 unspecified atom stereocenters. The number of benzene rings is 1. The summed E-state index contributed by atoms with van der Waals surface area (Å²) in [7, 11) is -3.46. The topological polar surface area (TPSA) is 76.3 Å². The molecule has 1 aliphatic carbocycles. The first-order chi connectivity index (χ1) is 12.9. The summed E-state index contributed by atoms with van der Waals surface area (Å²) in [4.78, 5) is 7.23. The number of pyridine rings is 1. The molecule has 27 heavy (non-hydrogen) atoms. The molecule has 2 aliphatic rings.